The van der Waals surface area contributed by atoms with Crippen LogP contribution in [0, 0.1) is 18.3 Å². The summed E-state index contributed by atoms with van der Waals surface area (Å²) in [5.74, 6) is -0.392. The van der Waals surface area contributed by atoms with Gasteiger partial charge in [-0.1, -0.05) is 41.4 Å². The van der Waals surface area contributed by atoms with E-state index >= 15 is 0 Å². The molecule has 0 unspecified atom stereocenters. The second-order valence-electron chi connectivity index (χ2n) is 7.03. The Balaban J connectivity index is 1.63. The van der Waals surface area contributed by atoms with Gasteiger partial charge in [-0.2, -0.15) is 5.26 Å². The molecule has 0 aliphatic carbocycles. The summed E-state index contributed by atoms with van der Waals surface area (Å²) in [6.07, 6.45) is 1.46. The molecule has 0 aromatic heterocycles. The molecule has 2 amide bonds. The lowest BCUT2D eigenvalue weighted by atomic mass is 10.1. The lowest BCUT2D eigenvalue weighted by Crippen LogP contribution is -2.20. The molecule has 0 saturated heterocycles. The van der Waals surface area contributed by atoms with Crippen LogP contribution in [0.3, 0.4) is 0 Å². The van der Waals surface area contributed by atoms with E-state index in [2.05, 4.69) is 26.6 Å². The van der Waals surface area contributed by atoms with Crippen molar-refractivity contribution >= 4 is 56.8 Å². The first-order chi connectivity index (χ1) is 15.8. The van der Waals surface area contributed by atoms with E-state index in [4.69, 9.17) is 16.3 Å². The van der Waals surface area contributed by atoms with E-state index in [0.717, 1.165) is 5.56 Å². The summed E-state index contributed by atoms with van der Waals surface area (Å²) in [6.45, 7) is 1.80. The molecule has 8 heteroatoms. The summed E-state index contributed by atoms with van der Waals surface area (Å²) in [5, 5.41) is 15.3. The van der Waals surface area contributed by atoms with Crippen LogP contribution < -0.4 is 15.4 Å². The average molecular weight is 525 g/mol. The minimum atomic E-state index is -0.552. The number of rotatable bonds is 7. The van der Waals surface area contributed by atoms with Crippen molar-refractivity contribution in [2.24, 2.45) is 0 Å². The number of carbonyl (C=O) groups is 2. The fourth-order valence-electron chi connectivity index (χ4n) is 2.78. The second-order valence-corrected chi connectivity index (χ2v) is 8.32. The normalized spacial score (nSPS) is 10.8. The molecule has 0 heterocycles. The molecule has 0 saturated carbocycles. The van der Waals surface area contributed by atoms with E-state index in [1.54, 1.807) is 42.5 Å². The van der Waals surface area contributed by atoms with Crippen molar-refractivity contribution in [1.82, 2.24) is 0 Å². The van der Waals surface area contributed by atoms with Gasteiger partial charge >= 0.3 is 0 Å². The first kappa shape index (κ1) is 24.1. The monoisotopic (exact) mass is 523 g/mol. The number of nitriles is 1. The quantitative estimate of drug-likeness (QED) is 0.294. The highest BCUT2D eigenvalue weighted by Gasteiger charge is 2.11. The lowest BCUT2D eigenvalue weighted by Gasteiger charge is -2.10. The average Bonchev–Trinajstić information content (AvgIpc) is 2.78. The number of nitrogens with zero attached hydrogens (tertiary/aromatic N) is 1. The topological polar surface area (TPSA) is 91.2 Å². The van der Waals surface area contributed by atoms with Gasteiger partial charge in [0.15, 0.2) is 6.61 Å². The zero-order valence-corrected chi connectivity index (χ0v) is 19.9. The van der Waals surface area contributed by atoms with Crippen molar-refractivity contribution in [3.05, 3.63) is 92.9 Å². The van der Waals surface area contributed by atoms with E-state index in [0.29, 0.717) is 32.2 Å². The molecule has 3 rings (SSSR count). The predicted octanol–water partition coefficient (Wildman–Crippen LogP) is 5.97. The molecule has 0 aliphatic rings. The number of nitrogens with one attached hydrogen (secondary N) is 2. The molecular formula is C25H19BrClN3O3. The van der Waals surface area contributed by atoms with Gasteiger partial charge in [-0.15, -0.1) is 0 Å². The fraction of sp³-hybridized carbons (Fsp3) is 0.0800. The molecule has 0 radical (unpaired) electrons. The molecule has 2 N–H and O–H groups in total. The van der Waals surface area contributed by atoms with Crippen molar-refractivity contribution < 1.29 is 14.3 Å². The standard InChI is InChI=1S/C25H19BrClN3O3/c1-16-5-8-20(9-6-16)29-24(31)15-33-23-10-7-17(12-22(23)26)11-18(14-28)25(32)30-21-4-2-3-19(27)13-21/h2-13H,15H2,1H3,(H,29,31)(H,30,32)/b18-11+. The number of benzene rings is 3. The number of carbonyl (C=O) groups excluding carboxylic acids is 2. The largest absolute Gasteiger partial charge is 0.483 e. The fourth-order valence-corrected chi connectivity index (χ4v) is 3.48. The number of anilines is 2. The maximum Gasteiger partial charge on any atom is 0.266 e. The van der Waals surface area contributed by atoms with Gasteiger partial charge in [-0.05, 0) is 77.0 Å². The lowest BCUT2D eigenvalue weighted by molar-refractivity contribution is -0.118. The number of amides is 2. The smallest absolute Gasteiger partial charge is 0.266 e. The van der Waals surface area contributed by atoms with Gasteiger partial charge in [0.2, 0.25) is 0 Å². The number of ether oxygens (including phenoxy) is 1. The van der Waals surface area contributed by atoms with Gasteiger partial charge in [0.25, 0.3) is 11.8 Å². The molecule has 6 nitrogen and oxygen atoms in total. The SMILES string of the molecule is Cc1ccc(NC(=O)COc2ccc(/C=C(\C#N)C(=O)Nc3cccc(Cl)c3)cc2Br)cc1. The number of hydrogen-bond donors (Lipinski definition) is 2. The Labute approximate surface area is 205 Å². The van der Waals surface area contributed by atoms with Gasteiger partial charge in [-0.25, -0.2) is 0 Å². The van der Waals surface area contributed by atoms with Crippen LogP contribution in [-0.2, 0) is 9.59 Å². The van der Waals surface area contributed by atoms with Crippen molar-refractivity contribution in [3.8, 4) is 11.8 Å². The number of halogens is 2. The van der Waals surface area contributed by atoms with E-state index in [1.165, 1.54) is 6.08 Å². The molecule has 0 bridgehead atoms. The number of aryl methyl sites for hydroxylation is 1. The van der Waals surface area contributed by atoms with Gasteiger partial charge in [-0.3, -0.25) is 9.59 Å². The summed E-state index contributed by atoms with van der Waals surface area (Å²) >= 11 is 9.32. The van der Waals surface area contributed by atoms with Crippen LogP contribution in [0.2, 0.25) is 5.02 Å². The summed E-state index contributed by atoms with van der Waals surface area (Å²) in [7, 11) is 0. The van der Waals surface area contributed by atoms with Crippen LogP contribution in [0.5, 0.6) is 5.75 Å². The van der Waals surface area contributed by atoms with Gasteiger partial charge in [0, 0.05) is 16.4 Å². The van der Waals surface area contributed by atoms with Crippen molar-refractivity contribution in [1.29, 1.82) is 5.26 Å². The maximum absolute atomic E-state index is 12.4. The molecular weight excluding hydrogens is 506 g/mol. The maximum atomic E-state index is 12.4. The van der Waals surface area contributed by atoms with E-state index in [1.807, 2.05) is 37.3 Å². The Morgan fingerprint density at radius 3 is 2.48 bits per heavy atom. The van der Waals surface area contributed by atoms with Crippen LogP contribution in [0.15, 0.2) is 76.8 Å². The second kappa shape index (κ2) is 11.3. The van der Waals surface area contributed by atoms with Gasteiger partial charge < -0.3 is 15.4 Å². The summed E-state index contributed by atoms with van der Waals surface area (Å²) in [4.78, 5) is 24.6. The zero-order chi connectivity index (χ0) is 23.8. The van der Waals surface area contributed by atoms with Crippen molar-refractivity contribution in [2.75, 3.05) is 17.2 Å². The zero-order valence-electron chi connectivity index (χ0n) is 17.6. The van der Waals surface area contributed by atoms with Crippen LogP contribution in [0.4, 0.5) is 11.4 Å². The van der Waals surface area contributed by atoms with Crippen LogP contribution in [-0.4, -0.2) is 18.4 Å². The molecule has 0 aliphatic heterocycles. The molecule has 0 atom stereocenters. The highest BCUT2D eigenvalue weighted by Crippen LogP contribution is 2.27. The Morgan fingerprint density at radius 2 is 1.82 bits per heavy atom. The summed E-state index contributed by atoms with van der Waals surface area (Å²) < 4.78 is 6.16. The van der Waals surface area contributed by atoms with Crippen LogP contribution in [0.25, 0.3) is 6.08 Å². The molecule has 33 heavy (non-hydrogen) atoms. The molecule has 166 valence electrons. The van der Waals surface area contributed by atoms with Crippen molar-refractivity contribution in [2.45, 2.75) is 6.92 Å². The van der Waals surface area contributed by atoms with E-state index in [9.17, 15) is 14.9 Å². The number of hydrogen-bond acceptors (Lipinski definition) is 4. The minimum Gasteiger partial charge on any atom is -0.483 e. The van der Waals surface area contributed by atoms with Crippen LogP contribution >= 0.6 is 27.5 Å². The minimum absolute atomic E-state index is 0.0759. The molecule has 3 aromatic carbocycles. The Bertz CT molecular complexity index is 1250. The Morgan fingerprint density at radius 1 is 1.06 bits per heavy atom. The molecule has 0 fully saturated rings. The Kier molecular flexibility index (Phi) is 8.25. The van der Waals surface area contributed by atoms with E-state index < -0.39 is 5.91 Å². The third kappa shape index (κ3) is 7.21. The van der Waals surface area contributed by atoms with Gasteiger partial charge in [0.1, 0.15) is 17.4 Å². The first-order valence-corrected chi connectivity index (χ1v) is 11.0. The third-order valence-corrected chi connectivity index (χ3v) is 5.26. The summed E-state index contributed by atoms with van der Waals surface area (Å²) in [5.41, 5.74) is 2.81. The highest BCUT2D eigenvalue weighted by molar-refractivity contribution is 9.10. The van der Waals surface area contributed by atoms with Gasteiger partial charge in [0.05, 0.1) is 4.47 Å². The highest BCUT2D eigenvalue weighted by atomic mass is 79.9. The third-order valence-electron chi connectivity index (χ3n) is 4.41. The van der Waals surface area contributed by atoms with E-state index in [-0.39, 0.29) is 18.1 Å². The first-order valence-electron chi connectivity index (χ1n) is 9.81. The molecule has 3 aromatic rings. The Hall–Kier alpha value is -3.60. The molecule has 0 spiro atoms. The van der Waals surface area contributed by atoms with Crippen molar-refractivity contribution in [3.63, 3.8) is 0 Å². The van der Waals surface area contributed by atoms with Crippen LogP contribution in [0.1, 0.15) is 11.1 Å². The predicted molar refractivity (Wildman–Crippen MR) is 133 cm³/mol. The summed E-state index contributed by atoms with van der Waals surface area (Å²) in [6, 6.07) is 21.0.